The highest BCUT2D eigenvalue weighted by atomic mass is 19.1. The van der Waals surface area contributed by atoms with Gasteiger partial charge < -0.3 is 9.64 Å². The van der Waals surface area contributed by atoms with E-state index in [2.05, 4.69) is 22.3 Å². The summed E-state index contributed by atoms with van der Waals surface area (Å²) in [7, 11) is 3.18. The number of rotatable bonds is 8. The average Bonchev–Trinajstić information content (AvgIpc) is 3.45. The van der Waals surface area contributed by atoms with Gasteiger partial charge in [0.15, 0.2) is 0 Å². The average molecular weight is 571 g/mol. The molecule has 0 radical (unpaired) electrons. The number of ether oxygens (including phenoxy) is 1. The summed E-state index contributed by atoms with van der Waals surface area (Å²) >= 11 is 0. The summed E-state index contributed by atoms with van der Waals surface area (Å²) in [6, 6.07) is 12.3. The first kappa shape index (κ1) is 27.8. The van der Waals surface area contributed by atoms with Crippen LogP contribution < -0.4 is 0 Å². The summed E-state index contributed by atoms with van der Waals surface area (Å²) in [4.78, 5) is 28.2. The van der Waals surface area contributed by atoms with Gasteiger partial charge in [-0.05, 0) is 73.6 Å². The van der Waals surface area contributed by atoms with Gasteiger partial charge in [0.25, 0.3) is 5.91 Å². The Balaban J connectivity index is 1.34. The zero-order chi connectivity index (χ0) is 29.4. The maximum Gasteiger partial charge on any atom is 0.341 e. The third-order valence-electron chi connectivity index (χ3n) is 8.43. The van der Waals surface area contributed by atoms with Gasteiger partial charge in [0, 0.05) is 43.2 Å². The van der Waals surface area contributed by atoms with Gasteiger partial charge in [-0.3, -0.25) is 9.48 Å². The number of esters is 1. The van der Waals surface area contributed by atoms with Crippen molar-refractivity contribution in [3.8, 4) is 16.8 Å². The monoisotopic (exact) mass is 570 g/mol. The van der Waals surface area contributed by atoms with Gasteiger partial charge in [-0.1, -0.05) is 30.7 Å². The van der Waals surface area contributed by atoms with E-state index >= 15 is 0 Å². The Kier molecular flexibility index (Phi) is 7.62. The molecule has 2 aromatic heterocycles. The molecule has 0 N–H and O–H groups in total. The second kappa shape index (κ2) is 11.5. The Hall–Kier alpha value is -4.34. The van der Waals surface area contributed by atoms with E-state index in [0.29, 0.717) is 23.2 Å². The number of halogens is 1. The van der Waals surface area contributed by atoms with Crippen molar-refractivity contribution in [2.24, 2.45) is 7.05 Å². The molecular formula is C32H35FN6O3. The van der Waals surface area contributed by atoms with E-state index < -0.39 is 11.8 Å². The van der Waals surface area contributed by atoms with Crippen LogP contribution in [-0.2, 0) is 11.8 Å². The lowest BCUT2D eigenvalue weighted by atomic mass is 9.96. The second-order valence-corrected chi connectivity index (χ2v) is 11.3. The number of amides is 1. The van der Waals surface area contributed by atoms with Crippen LogP contribution in [0.5, 0.6) is 0 Å². The van der Waals surface area contributed by atoms with Gasteiger partial charge in [-0.2, -0.15) is 5.10 Å². The number of likely N-dealkylation sites (tertiary alicyclic amines) is 1. The number of aryl methyl sites for hydroxylation is 1. The number of piperidine rings is 1. The third kappa shape index (κ3) is 5.33. The van der Waals surface area contributed by atoms with Crippen LogP contribution in [0, 0.1) is 5.82 Å². The standard InChI is InChI=1S/C32H35FN6O3/c1-4-8-24-10-5-6-12-38(24)31(40)22-13-21(14-23(33)15-22)20-9-7-11-25(16-20)39-30(28(18-34-39)32(41)42-3)27-17-26(27)29-19-37(2)36-35-29/h7,9,11,13-16,18-19,24,26-27H,4-6,8,10,12,17H2,1-3H3/t24-,26?,27?/m1/s1. The lowest BCUT2D eigenvalue weighted by Crippen LogP contribution is -2.43. The molecule has 9 nitrogen and oxygen atoms in total. The highest BCUT2D eigenvalue weighted by Crippen LogP contribution is 2.55. The Morgan fingerprint density at radius 1 is 1.10 bits per heavy atom. The van der Waals surface area contributed by atoms with Crippen molar-refractivity contribution in [1.29, 1.82) is 0 Å². The minimum atomic E-state index is -0.456. The minimum absolute atomic E-state index is 0.0148. The predicted octanol–water partition coefficient (Wildman–Crippen LogP) is 5.66. The van der Waals surface area contributed by atoms with Gasteiger partial charge in [0.2, 0.25) is 0 Å². The van der Waals surface area contributed by atoms with Crippen molar-refractivity contribution in [1.82, 2.24) is 29.7 Å². The predicted molar refractivity (Wildman–Crippen MR) is 155 cm³/mol. The molecule has 6 rings (SSSR count). The van der Waals surface area contributed by atoms with E-state index in [1.165, 1.54) is 25.4 Å². The van der Waals surface area contributed by atoms with E-state index in [0.717, 1.165) is 61.2 Å². The fourth-order valence-corrected chi connectivity index (χ4v) is 6.31. The molecule has 1 amide bonds. The molecule has 2 unspecified atom stereocenters. The van der Waals surface area contributed by atoms with E-state index in [9.17, 15) is 14.0 Å². The summed E-state index contributed by atoms with van der Waals surface area (Å²) in [6.07, 6.45) is 9.25. The Morgan fingerprint density at radius 3 is 2.71 bits per heavy atom. The second-order valence-electron chi connectivity index (χ2n) is 11.3. The van der Waals surface area contributed by atoms with Gasteiger partial charge in [-0.15, -0.1) is 5.10 Å². The van der Waals surface area contributed by atoms with Gasteiger partial charge in [-0.25, -0.2) is 13.9 Å². The molecule has 2 fully saturated rings. The van der Waals surface area contributed by atoms with Crippen molar-refractivity contribution >= 4 is 11.9 Å². The van der Waals surface area contributed by atoms with Gasteiger partial charge >= 0.3 is 5.97 Å². The highest BCUT2D eigenvalue weighted by molar-refractivity contribution is 5.96. The topological polar surface area (TPSA) is 95.1 Å². The van der Waals surface area contributed by atoms with Crippen LogP contribution >= 0.6 is 0 Å². The number of carbonyl (C=O) groups is 2. The third-order valence-corrected chi connectivity index (χ3v) is 8.43. The summed E-state index contributed by atoms with van der Waals surface area (Å²) in [5, 5.41) is 12.9. The molecule has 0 bridgehead atoms. The smallest absolute Gasteiger partial charge is 0.341 e. The molecule has 3 heterocycles. The molecule has 218 valence electrons. The van der Waals surface area contributed by atoms with Crippen LogP contribution in [0.15, 0.2) is 54.9 Å². The Bertz CT molecular complexity index is 1630. The summed E-state index contributed by atoms with van der Waals surface area (Å²) in [5.74, 6) is -0.900. The maximum atomic E-state index is 15.0. The molecule has 10 heteroatoms. The molecule has 0 spiro atoms. The van der Waals surface area contributed by atoms with Crippen molar-refractivity contribution in [2.45, 2.75) is 63.3 Å². The zero-order valence-corrected chi connectivity index (χ0v) is 24.2. The van der Waals surface area contributed by atoms with Gasteiger partial charge in [0.05, 0.1) is 30.4 Å². The van der Waals surface area contributed by atoms with E-state index in [-0.39, 0.29) is 23.8 Å². The number of aromatic nitrogens is 5. The number of carbonyl (C=O) groups excluding carboxylic acids is 2. The molecule has 3 atom stereocenters. The first-order valence-electron chi connectivity index (χ1n) is 14.6. The Morgan fingerprint density at radius 2 is 1.95 bits per heavy atom. The number of nitrogens with zero attached hydrogens (tertiary/aromatic N) is 6. The molecule has 42 heavy (non-hydrogen) atoms. The first-order chi connectivity index (χ1) is 20.4. The largest absolute Gasteiger partial charge is 0.465 e. The fraction of sp³-hybridized carbons (Fsp3) is 0.406. The van der Waals surface area contributed by atoms with Gasteiger partial charge in [0.1, 0.15) is 11.4 Å². The lowest BCUT2D eigenvalue weighted by molar-refractivity contribution is 0.0591. The van der Waals surface area contributed by atoms with Crippen LogP contribution in [0.2, 0.25) is 0 Å². The maximum absolute atomic E-state index is 15.0. The lowest BCUT2D eigenvalue weighted by Gasteiger charge is -2.36. The first-order valence-corrected chi connectivity index (χ1v) is 14.6. The summed E-state index contributed by atoms with van der Waals surface area (Å²) in [6.45, 7) is 2.83. The molecule has 1 aliphatic heterocycles. The molecular weight excluding hydrogens is 535 g/mol. The number of hydrogen-bond acceptors (Lipinski definition) is 6. The van der Waals surface area contributed by atoms with Crippen molar-refractivity contribution in [3.63, 3.8) is 0 Å². The van der Waals surface area contributed by atoms with Crippen LogP contribution in [0.3, 0.4) is 0 Å². The van der Waals surface area contributed by atoms with E-state index in [1.54, 1.807) is 15.4 Å². The summed E-state index contributed by atoms with van der Waals surface area (Å²) < 4.78 is 23.5. The van der Waals surface area contributed by atoms with E-state index in [1.807, 2.05) is 42.4 Å². The van der Waals surface area contributed by atoms with Crippen LogP contribution in [0.4, 0.5) is 4.39 Å². The quantitative estimate of drug-likeness (QED) is 0.254. The molecule has 1 saturated heterocycles. The van der Waals surface area contributed by atoms with Crippen molar-refractivity contribution < 1.29 is 18.7 Å². The molecule has 2 aliphatic rings. The van der Waals surface area contributed by atoms with Crippen molar-refractivity contribution in [3.05, 3.63) is 83.2 Å². The van der Waals surface area contributed by atoms with Crippen LogP contribution in [-0.4, -0.2) is 61.2 Å². The number of hydrogen-bond donors (Lipinski definition) is 0. The van der Waals surface area contributed by atoms with Crippen LogP contribution in [0.25, 0.3) is 16.8 Å². The highest BCUT2D eigenvalue weighted by Gasteiger charge is 2.46. The molecule has 1 saturated carbocycles. The SMILES string of the molecule is CCC[C@@H]1CCCCN1C(=O)c1cc(F)cc(-c2cccc(-n3ncc(C(=O)OC)c3C3CC3c3cn(C)nn3)c2)c1. The summed E-state index contributed by atoms with van der Waals surface area (Å²) in [5.41, 5.74) is 4.45. The van der Waals surface area contributed by atoms with Crippen molar-refractivity contribution in [2.75, 3.05) is 13.7 Å². The number of benzene rings is 2. The molecule has 4 aromatic rings. The Labute approximate surface area is 244 Å². The van der Waals surface area contributed by atoms with E-state index in [4.69, 9.17) is 4.74 Å². The normalized spacial score (nSPS) is 20.0. The minimum Gasteiger partial charge on any atom is -0.465 e. The molecule has 1 aliphatic carbocycles. The zero-order valence-electron chi connectivity index (χ0n) is 24.2. The fourth-order valence-electron chi connectivity index (χ4n) is 6.31. The molecule has 2 aromatic carbocycles. The van der Waals surface area contributed by atoms with Crippen LogP contribution in [0.1, 0.15) is 89.4 Å². The number of methoxy groups -OCH3 is 1.